The van der Waals surface area contributed by atoms with Crippen molar-refractivity contribution in [2.45, 2.75) is 13.5 Å². The number of rotatable bonds is 4. The van der Waals surface area contributed by atoms with Gasteiger partial charge in [0.25, 0.3) is 0 Å². The minimum atomic E-state index is 0.288. The van der Waals surface area contributed by atoms with Gasteiger partial charge in [-0.05, 0) is 19.1 Å². The van der Waals surface area contributed by atoms with Crippen molar-refractivity contribution in [3.05, 3.63) is 40.2 Å². The van der Waals surface area contributed by atoms with Gasteiger partial charge in [-0.3, -0.25) is 4.68 Å². The normalized spacial score (nSPS) is 10.2. The van der Waals surface area contributed by atoms with Crippen LogP contribution >= 0.6 is 11.6 Å². The SMILES string of the molecule is COc1cc(C#N)cc(OCc2c(C)nn(C)c2Cl)c1. The molecule has 0 saturated carbocycles. The Morgan fingerprint density at radius 2 is 2.05 bits per heavy atom. The van der Waals surface area contributed by atoms with E-state index in [1.165, 1.54) is 0 Å². The summed E-state index contributed by atoms with van der Waals surface area (Å²) < 4.78 is 12.4. The van der Waals surface area contributed by atoms with Crippen molar-refractivity contribution in [1.29, 1.82) is 5.26 Å². The number of aryl methyl sites for hydroxylation is 2. The third-order valence-corrected chi connectivity index (χ3v) is 3.37. The van der Waals surface area contributed by atoms with Crippen molar-refractivity contribution >= 4 is 11.6 Å². The Kier molecular flexibility index (Phi) is 4.16. The Balaban J connectivity index is 2.21. The molecule has 2 aromatic rings. The van der Waals surface area contributed by atoms with Crippen LogP contribution in [0.15, 0.2) is 18.2 Å². The number of methoxy groups -OCH3 is 1. The maximum atomic E-state index is 8.96. The highest BCUT2D eigenvalue weighted by Gasteiger charge is 2.12. The van der Waals surface area contributed by atoms with Crippen LogP contribution in [0.4, 0.5) is 0 Å². The molecule has 0 atom stereocenters. The van der Waals surface area contributed by atoms with Crippen molar-refractivity contribution in [3.63, 3.8) is 0 Å². The first-order chi connectivity index (χ1) is 9.55. The van der Waals surface area contributed by atoms with Crippen molar-refractivity contribution in [2.24, 2.45) is 7.05 Å². The molecule has 0 amide bonds. The fourth-order valence-electron chi connectivity index (χ4n) is 1.83. The Bertz CT molecular complexity index is 674. The number of nitrogens with zero attached hydrogens (tertiary/aromatic N) is 3. The standard InChI is InChI=1S/C14H14ClN3O2/c1-9-13(14(15)18(2)17-9)8-20-12-5-10(7-16)4-11(6-12)19-3/h4-6H,8H2,1-3H3. The van der Waals surface area contributed by atoms with Crippen LogP contribution < -0.4 is 9.47 Å². The highest BCUT2D eigenvalue weighted by Crippen LogP contribution is 2.25. The molecule has 0 aliphatic heterocycles. The summed E-state index contributed by atoms with van der Waals surface area (Å²) in [5.41, 5.74) is 2.13. The van der Waals surface area contributed by atoms with E-state index < -0.39 is 0 Å². The van der Waals surface area contributed by atoms with Crippen LogP contribution in [0.1, 0.15) is 16.8 Å². The molecule has 0 bridgehead atoms. The lowest BCUT2D eigenvalue weighted by molar-refractivity contribution is 0.303. The van der Waals surface area contributed by atoms with E-state index >= 15 is 0 Å². The lowest BCUT2D eigenvalue weighted by atomic mass is 10.2. The van der Waals surface area contributed by atoms with E-state index in [0.29, 0.717) is 22.2 Å². The lowest BCUT2D eigenvalue weighted by Crippen LogP contribution is -1.98. The Morgan fingerprint density at radius 1 is 1.35 bits per heavy atom. The second-order valence-corrected chi connectivity index (χ2v) is 4.63. The van der Waals surface area contributed by atoms with E-state index in [-0.39, 0.29) is 6.61 Å². The van der Waals surface area contributed by atoms with Crippen LogP contribution in [0.3, 0.4) is 0 Å². The van der Waals surface area contributed by atoms with Gasteiger partial charge in [0.2, 0.25) is 0 Å². The quantitative estimate of drug-likeness (QED) is 0.869. The third-order valence-electron chi connectivity index (χ3n) is 2.90. The van der Waals surface area contributed by atoms with Gasteiger partial charge in [0.15, 0.2) is 0 Å². The molecule has 0 aliphatic rings. The van der Waals surface area contributed by atoms with Crippen molar-refractivity contribution in [1.82, 2.24) is 9.78 Å². The lowest BCUT2D eigenvalue weighted by Gasteiger charge is -2.08. The maximum Gasteiger partial charge on any atom is 0.133 e. The average molecular weight is 292 g/mol. The van der Waals surface area contributed by atoms with Gasteiger partial charge in [0.1, 0.15) is 23.3 Å². The number of hydrogen-bond donors (Lipinski definition) is 0. The van der Waals surface area contributed by atoms with E-state index in [0.717, 1.165) is 11.3 Å². The molecule has 0 unspecified atom stereocenters. The van der Waals surface area contributed by atoms with E-state index in [4.69, 9.17) is 26.3 Å². The van der Waals surface area contributed by atoms with Crippen LogP contribution in [-0.4, -0.2) is 16.9 Å². The highest BCUT2D eigenvalue weighted by molar-refractivity contribution is 6.30. The summed E-state index contributed by atoms with van der Waals surface area (Å²) in [5, 5.41) is 13.7. The number of hydrogen-bond acceptors (Lipinski definition) is 4. The second kappa shape index (κ2) is 5.85. The molecular weight excluding hydrogens is 278 g/mol. The summed E-state index contributed by atoms with van der Waals surface area (Å²) in [6, 6.07) is 7.09. The van der Waals surface area contributed by atoms with Gasteiger partial charge in [0.05, 0.1) is 24.4 Å². The molecule has 0 radical (unpaired) electrons. The highest BCUT2D eigenvalue weighted by atomic mass is 35.5. The van der Waals surface area contributed by atoms with Crippen molar-refractivity contribution in [2.75, 3.05) is 7.11 Å². The molecule has 6 heteroatoms. The minimum absolute atomic E-state index is 0.288. The molecule has 20 heavy (non-hydrogen) atoms. The summed E-state index contributed by atoms with van der Waals surface area (Å²) >= 11 is 6.14. The largest absolute Gasteiger partial charge is 0.497 e. The maximum absolute atomic E-state index is 8.96. The van der Waals surface area contributed by atoms with Crippen LogP contribution in [0.2, 0.25) is 5.15 Å². The zero-order chi connectivity index (χ0) is 14.7. The Labute approximate surface area is 122 Å². The zero-order valence-corrected chi connectivity index (χ0v) is 12.2. The first kappa shape index (κ1) is 14.2. The summed E-state index contributed by atoms with van der Waals surface area (Å²) in [4.78, 5) is 0. The number of nitriles is 1. The minimum Gasteiger partial charge on any atom is -0.497 e. The van der Waals surface area contributed by atoms with Crippen molar-refractivity contribution in [3.8, 4) is 17.6 Å². The van der Waals surface area contributed by atoms with Crippen LogP contribution in [0.25, 0.3) is 0 Å². The number of aromatic nitrogens is 2. The van der Waals surface area contributed by atoms with Gasteiger partial charge in [-0.25, -0.2) is 0 Å². The Morgan fingerprint density at radius 3 is 2.60 bits per heavy atom. The smallest absolute Gasteiger partial charge is 0.133 e. The summed E-state index contributed by atoms with van der Waals surface area (Å²) in [5.74, 6) is 1.13. The summed E-state index contributed by atoms with van der Waals surface area (Å²) in [6.45, 7) is 2.16. The average Bonchev–Trinajstić information content (AvgIpc) is 2.69. The van der Waals surface area contributed by atoms with E-state index in [1.807, 2.05) is 6.92 Å². The van der Waals surface area contributed by atoms with Crippen LogP contribution in [-0.2, 0) is 13.7 Å². The van der Waals surface area contributed by atoms with Gasteiger partial charge in [0, 0.05) is 18.7 Å². The van der Waals surface area contributed by atoms with Crippen LogP contribution in [0, 0.1) is 18.3 Å². The first-order valence-electron chi connectivity index (χ1n) is 5.95. The molecule has 5 nitrogen and oxygen atoms in total. The van der Waals surface area contributed by atoms with Gasteiger partial charge in [-0.15, -0.1) is 0 Å². The second-order valence-electron chi connectivity index (χ2n) is 4.28. The molecule has 0 fully saturated rings. The monoisotopic (exact) mass is 291 g/mol. The fourth-order valence-corrected chi connectivity index (χ4v) is 2.06. The van der Waals surface area contributed by atoms with Gasteiger partial charge in [-0.2, -0.15) is 10.4 Å². The van der Waals surface area contributed by atoms with Crippen LogP contribution in [0.5, 0.6) is 11.5 Å². The zero-order valence-electron chi connectivity index (χ0n) is 11.5. The molecule has 1 heterocycles. The molecular formula is C14H14ClN3O2. The van der Waals surface area contributed by atoms with E-state index in [1.54, 1.807) is 37.0 Å². The number of benzene rings is 1. The molecule has 0 aliphatic carbocycles. The molecule has 0 saturated heterocycles. The number of halogens is 1. The molecule has 104 valence electrons. The van der Waals surface area contributed by atoms with Gasteiger partial charge in [-0.1, -0.05) is 11.6 Å². The predicted octanol–water partition coefficient (Wildman–Crippen LogP) is 2.84. The molecule has 0 spiro atoms. The van der Waals surface area contributed by atoms with E-state index in [9.17, 15) is 0 Å². The fraction of sp³-hybridized carbons (Fsp3) is 0.286. The topological polar surface area (TPSA) is 60.1 Å². The molecule has 2 rings (SSSR count). The van der Waals surface area contributed by atoms with Crippen molar-refractivity contribution < 1.29 is 9.47 Å². The molecule has 1 aromatic heterocycles. The summed E-state index contributed by atoms with van der Waals surface area (Å²) in [6.07, 6.45) is 0. The van der Waals surface area contributed by atoms with E-state index in [2.05, 4.69) is 11.2 Å². The predicted molar refractivity (Wildman–Crippen MR) is 75.0 cm³/mol. The molecule has 0 N–H and O–H groups in total. The first-order valence-corrected chi connectivity index (χ1v) is 6.33. The Hall–Kier alpha value is -2.19. The van der Waals surface area contributed by atoms with Gasteiger partial charge < -0.3 is 9.47 Å². The third kappa shape index (κ3) is 2.86. The number of ether oxygens (including phenoxy) is 2. The molecule has 1 aromatic carbocycles. The van der Waals surface area contributed by atoms with Gasteiger partial charge >= 0.3 is 0 Å². The summed E-state index contributed by atoms with van der Waals surface area (Å²) in [7, 11) is 3.32.